The molecule has 2 rings (SSSR count). The van der Waals surface area contributed by atoms with Crippen LogP contribution >= 0.6 is 11.3 Å². The molecule has 0 unspecified atom stereocenters. The average molecular weight is 236 g/mol. The van der Waals surface area contributed by atoms with E-state index >= 15 is 0 Å². The van der Waals surface area contributed by atoms with Crippen LogP contribution in [0.2, 0.25) is 0 Å². The molecule has 1 N–H and O–H groups in total. The molecule has 0 spiro atoms. The monoisotopic (exact) mass is 236 g/mol. The number of hydrogen-bond acceptors (Lipinski definition) is 3. The van der Waals surface area contributed by atoms with Crippen LogP contribution in [0, 0.1) is 12.7 Å². The molecule has 0 saturated carbocycles. The highest BCUT2D eigenvalue weighted by molar-refractivity contribution is 7.13. The number of amides is 1. The van der Waals surface area contributed by atoms with Crippen molar-refractivity contribution < 1.29 is 9.18 Å². The maximum atomic E-state index is 13.5. The van der Waals surface area contributed by atoms with Crippen LogP contribution in [0.15, 0.2) is 29.8 Å². The number of nitrogens with one attached hydrogen (secondary N) is 1. The van der Waals surface area contributed by atoms with Gasteiger partial charge in [0.05, 0.1) is 5.56 Å². The maximum absolute atomic E-state index is 13.5. The van der Waals surface area contributed by atoms with Crippen LogP contribution in [0.3, 0.4) is 0 Å². The highest BCUT2D eigenvalue weighted by Crippen LogP contribution is 2.15. The maximum Gasteiger partial charge on any atom is 0.260 e. The second-order valence-corrected chi connectivity index (χ2v) is 4.17. The fourth-order valence-corrected chi connectivity index (χ4v) is 1.78. The lowest BCUT2D eigenvalue weighted by molar-refractivity contribution is 0.102. The zero-order valence-electron chi connectivity index (χ0n) is 8.53. The summed E-state index contributed by atoms with van der Waals surface area (Å²) in [4.78, 5) is 15.6. The Balaban J connectivity index is 2.21. The van der Waals surface area contributed by atoms with E-state index in [9.17, 15) is 9.18 Å². The summed E-state index contributed by atoms with van der Waals surface area (Å²) in [6.07, 6.45) is 1.58. The van der Waals surface area contributed by atoms with Crippen molar-refractivity contribution in [3.63, 3.8) is 0 Å². The van der Waals surface area contributed by atoms with Crippen molar-refractivity contribution in [3.8, 4) is 0 Å². The Morgan fingerprint density at radius 1 is 1.50 bits per heavy atom. The molecule has 3 nitrogen and oxygen atoms in total. The van der Waals surface area contributed by atoms with Crippen LogP contribution in [-0.2, 0) is 0 Å². The van der Waals surface area contributed by atoms with Crippen LogP contribution in [-0.4, -0.2) is 10.9 Å². The molecule has 0 aliphatic rings. The summed E-state index contributed by atoms with van der Waals surface area (Å²) >= 11 is 1.29. The van der Waals surface area contributed by atoms with E-state index in [2.05, 4.69) is 10.3 Å². The quantitative estimate of drug-likeness (QED) is 0.871. The number of aromatic nitrogens is 1. The third kappa shape index (κ3) is 2.25. The minimum atomic E-state index is -0.519. The van der Waals surface area contributed by atoms with Gasteiger partial charge >= 0.3 is 0 Å². The number of carbonyl (C=O) groups is 1. The summed E-state index contributed by atoms with van der Waals surface area (Å²) < 4.78 is 13.5. The number of carbonyl (C=O) groups excluding carboxylic acids is 1. The molecule has 5 heteroatoms. The van der Waals surface area contributed by atoms with Crippen LogP contribution in [0.25, 0.3) is 0 Å². The minimum Gasteiger partial charge on any atom is -0.298 e. The smallest absolute Gasteiger partial charge is 0.260 e. The van der Waals surface area contributed by atoms with E-state index in [0.29, 0.717) is 5.13 Å². The van der Waals surface area contributed by atoms with Crippen molar-refractivity contribution in [1.29, 1.82) is 0 Å². The molecule has 0 saturated heterocycles. The molecule has 0 fully saturated rings. The fourth-order valence-electron chi connectivity index (χ4n) is 1.25. The predicted molar refractivity (Wildman–Crippen MR) is 61.2 cm³/mol. The number of halogens is 1. The lowest BCUT2D eigenvalue weighted by Gasteiger charge is -2.03. The van der Waals surface area contributed by atoms with Crippen molar-refractivity contribution in [2.45, 2.75) is 6.92 Å². The standard InChI is InChI=1S/C11H9FN2OS/c1-7-2-3-8(9(12)6-7)10(15)14-11-13-4-5-16-11/h2-6H,1H3,(H,13,14,15). The number of nitrogens with zero attached hydrogens (tertiary/aromatic N) is 1. The Morgan fingerprint density at radius 3 is 2.94 bits per heavy atom. The summed E-state index contributed by atoms with van der Waals surface area (Å²) in [6, 6.07) is 4.49. The Kier molecular flexibility index (Phi) is 2.96. The van der Waals surface area contributed by atoms with Crippen molar-refractivity contribution >= 4 is 22.4 Å². The van der Waals surface area contributed by atoms with Gasteiger partial charge in [-0.1, -0.05) is 6.07 Å². The summed E-state index contributed by atoms with van der Waals surface area (Å²) in [6.45, 7) is 1.77. The van der Waals surface area contributed by atoms with Gasteiger partial charge in [-0.05, 0) is 24.6 Å². The van der Waals surface area contributed by atoms with Crippen LogP contribution in [0.1, 0.15) is 15.9 Å². The number of rotatable bonds is 2. The molecule has 0 aliphatic heterocycles. The van der Waals surface area contributed by atoms with Gasteiger partial charge in [-0.3, -0.25) is 10.1 Å². The number of aryl methyl sites for hydroxylation is 1. The summed E-state index contributed by atoms with van der Waals surface area (Å²) in [5, 5.41) is 4.73. The normalized spacial score (nSPS) is 10.1. The van der Waals surface area contributed by atoms with Crippen molar-refractivity contribution in [2.75, 3.05) is 5.32 Å². The van der Waals surface area contributed by atoms with Crippen molar-refractivity contribution in [1.82, 2.24) is 4.98 Å². The van der Waals surface area contributed by atoms with Gasteiger partial charge in [-0.25, -0.2) is 9.37 Å². The molecule has 1 heterocycles. The van der Waals surface area contributed by atoms with E-state index < -0.39 is 11.7 Å². The molecule has 0 bridgehead atoms. The van der Waals surface area contributed by atoms with Gasteiger partial charge in [-0.15, -0.1) is 11.3 Å². The van der Waals surface area contributed by atoms with Gasteiger partial charge < -0.3 is 0 Å². The largest absolute Gasteiger partial charge is 0.298 e. The molecule has 0 radical (unpaired) electrons. The second kappa shape index (κ2) is 4.40. The van der Waals surface area contributed by atoms with E-state index in [1.165, 1.54) is 23.5 Å². The molecule has 0 aliphatic carbocycles. The molecule has 1 amide bonds. The van der Waals surface area contributed by atoms with Gasteiger partial charge in [0.15, 0.2) is 5.13 Å². The second-order valence-electron chi connectivity index (χ2n) is 3.27. The first kappa shape index (κ1) is 10.8. The third-order valence-electron chi connectivity index (χ3n) is 2.02. The molecule has 1 aromatic heterocycles. The summed E-state index contributed by atoms with van der Waals surface area (Å²) in [7, 11) is 0. The van der Waals surface area contributed by atoms with E-state index in [0.717, 1.165) is 5.56 Å². The zero-order chi connectivity index (χ0) is 11.5. The number of hydrogen-bond donors (Lipinski definition) is 1. The highest BCUT2D eigenvalue weighted by atomic mass is 32.1. The fraction of sp³-hybridized carbons (Fsp3) is 0.0909. The molecular weight excluding hydrogens is 227 g/mol. The zero-order valence-corrected chi connectivity index (χ0v) is 9.34. The average Bonchev–Trinajstić information content (AvgIpc) is 2.70. The van der Waals surface area contributed by atoms with Gasteiger partial charge in [0.25, 0.3) is 5.91 Å². The minimum absolute atomic E-state index is 0.0285. The molecule has 2 aromatic rings. The first-order valence-corrected chi connectivity index (χ1v) is 5.52. The molecular formula is C11H9FN2OS. The molecule has 1 aromatic carbocycles. The van der Waals surface area contributed by atoms with Gasteiger partial charge in [0.2, 0.25) is 0 Å². The van der Waals surface area contributed by atoms with Crippen LogP contribution in [0.4, 0.5) is 9.52 Å². The highest BCUT2D eigenvalue weighted by Gasteiger charge is 2.12. The van der Waals surface area contributed by atoms with E-state index in [1.54, 1.807) is 24.6 Å². The van der Waals surface area contributed by atoms with E-state index in [1.807, 2.05) is 0 Å². The first-order valence-electron chi connectivity index (χ1n) is 4.64. The van der Waals surface area contributed by atoms with Gasteiger partial charge in [0.1, 0.15) is 5.82 Å². The summed E-state index contributed by atoms with van der Waals surface area (Å²) in [5.74, 6) is -0.999. The van der Waals surface area contributed by atoms with Crippen LogP contribution in [0.5, 0.6) is 0 Å². The third-order valence-corrected chi connectivity index (χ3v) is 2.71. The lowest BCUT2D eigenvalue weighted by atomic mass is 10.1. The topological polar surface area (TPSA) is 42.0 Å². The van der Waals surface area contributed by atoms with E-state index in [4.69, 9.17) is 0 Å². The Labute approximate surface area is 96.0 Å². The number of anilines is 1. The Hall–Kier alpha value is -1.75. The SMILES string of the molecule is Cc1ccc(C(=O)Nc2nccs2)c(F)c1. The predicted octanol–water partition coefficient (Wildman–Crippen LogP) is 2.84. The Bertz CT molecular complexity index is 511. The van der Waals surface area contributed by atoms with Gasteiger partial charge in [-0.2, -0.15) is 0 Å². The molecule has 16 heavy (non-hydrogen) atoms. The van der Waals surface area contributed by atoms with Gasteiger partial charge in [0, 0.05) is 11.6 Å². The first-order chi connectivity index (χ1) is 7.66. The van der Waals surface area contributed by atoms with Crippen molar-refractivity contribution in [3.05, 3.63) is 46.7 Å². The van der Waals surface area contributed by atoms with E-state index in [-0.39, 0.29) is 5.56 Å². The molecule has 82 valence electrons. The Morgan fingerprint density at radius 2 is 2.31 bits per heavy atom. The molecule has 0 atom stereocenters. The summed E-state index contributed by atoms with van der Waals surface area (Å²) in [5.41, 5.74) is 0.809. The lowest BCUT2D eigenvalue weighted by Crippen LogP contribution is -2.13. The van der Waals surface area contributed by atoms with Crippen LogP contribution < -0.4 is 5.32 Å². The number of thiazole rings is 1. The van der Waals surface area contributed by atoms with Crippen molar-refractivity contribution in [2.24, 2.45) is 0 Å². The number of benzene rings is 1.